The molecule has 112 valence electrons. The largest absolute Gasteiger partial charge is 0.473 e. The molecule has 1 saturated carbocycles. The van der Waals surface area contributed by atoms with E-state index in [0.29, 0.717) is 23.5 Å². The van der Waals surface area contributed by atoms with Crippen molar-refractivity contribution in [1.82, 2.24) is 9.97 Å². The number of ether oxygens (including phenoxy) is 1. The van der Waals surface area contributed by atoms with Crippen LogP contribution in [0.3, 0.4) is 0 Å². The van der Waals surface area contributed by atoms with Crippen molar-refractivity contribution in [3.05, 3.63) is 6.33 Å². The van der Waals surface area contributed by atoms with Gasteiger partial charge in [-0.3, -0.25) is 0 Å². The van der Waals surface area contributed by atoms with Crippen molar-refractivity contribution in [3.63, 3.8) is 0 Å². The van der Waals surface area contributed by atoms with Crippen molar-refractivity contribution in [2.75, 3.05) is 17.2 Å². The number of rotatable bonds is 7. The zero-order valence-electron chi connectivity index (χ0n) is 13.0. The zero-order valence-corrected chi connectivity index (χ0v) is 13.0. The van der Waals surface area contributed by atoms with Gasteiger partial charge in [-0.15, -0.1) is 0 Å². The monoisotopic (exact) mass is 278 g/mol. The molecule has 0 unspecified atom stereocenters. The van der Waals surface area contributed by atoms with Gasteiger partial charge in [0.1, 0.15) is 12.0 Å². The van der Waals surface area contributed by atoms with E-state index in [2.05, 4.69) is 28.7 Å². The number of aromatic nitrogens is 2. The maximum Gasteiger partial charge on any atom is 0.242 e. The van der Waals surface area contributed by atoms with Gasteiger partial charge in [0.2, 0.25) is 5.88 Å². The van der Waals surface area contributed by atoms with E-state index in [1.54, 1.807) is 6.33 Å². The fraction of sp³-hybridized carbons (Fsp3) is 0.733. The Morgan fingerprint density at radius 1 is 1.30 bits per heavy atom. The third-order valence-electron chi connectivity index (χ3n) is 3.38. The van der Waals surface area contributed by atoms with E-state index in [-0.39, 0.29) is 6.10 Å². The summed E-state index contributed by atoms with van der Waals surface area (Å²) in [5.74, 6) is 2.00. The summed E-state index contributed by atoms with van der Waals surface area (Å²) in [6.07, 6.45) is 5.20. The van der Waals surface area contributed by atoms with Crippen molar-refractivity contribution in [2.24, 2.45) is 5.92 Å². The summed E-state index contributed by atoms with van der Waals surface area (Å²) in [4.78, 5) is 10.9. The first-order valence-electron chi connectivity index (χ1n) is 7.52. The SMILES string of the molecule is CC(C)CCN(c1ncnc(OC(C)C)c1N)C1CC1. The summed E-state index contributed by atoms with van der Waals surface area (Å²) >= 11 is 0. The fourth-order valence-corrected chi connectivity index (χ4v) is 2.16. The molecular weight excluding hydrogens is 252 g/mol. The predicted molar refractivity (Wildman–Crippen MR) is 82.0 cm³/mol. The molecule has 1 fully saturated rings. The predicted octanol–water partition coefficient (Wildman–Crippen LogP) is 2.86. The lowest BCUT2D eigenvalue weighted by molar-refractivity contribution is 0.234. The molecule has 1 aromatic rings. The summed E-state index contributed by atoms with van der Waals surface area (Å²) in [6, 6.07) is 0.581. The van der Waals surface area contributed by atoms with E-state index >= 15 is 0 Å². The Kier molecular flexibility index (Phi) is 4.68. The highest BCUT2D eigenvalue weighted by atomic mass is 16.5. The fourth-order valence-electron chi connectivity index (χ4n) is 2.16. The van der Waals surface area contributed by atoms with Crippen LogP contribution < -0.4 is 15.4 Å². The van der Waals surface area contributed by atoms with Crippen LogP contribution in [-0.4, -0.2) is 28.7 Å². The highest BCUT2D eigenvalue weighted by Gasteiger charge is 2.31. The average Bonchev–Trinajstić information content (AvgIpc) is 3.17. The normalized spacial score (nSPS) is 14.9. The van der Waals surface area contributed by atoms with E-state index in [1.165, 1.54) is 12.8 Å². The summed E-state index contributed by atoms with van der Waals surface area (Å²) in [5.41, 5.74) is 6.78. The minimum atomic E-state index is 0.0603. The maximum absolute atomic E-state index is 6.21. The van der Waals surface area contributed by atoms with Crippen molar-refractivity contribution in [1.29, 1.82) is 0 Å². The summed E-state index contributed by atoms with van der Waals surface area (Å²) in [6.45, 7) is 9.41. The van der Waals surface area contributed by atoms with Gasteiger partial charge in [0.05, 0.1) is 6.10 Å². The Morgan fingerprint density at radius 2 is 2.00 bits per heavy atom. The Hall–Kier alpha value is -1.52. The van der Waals surface area contributed by atoms with E-state index in [0.717, 1.165) is 18.8 Å². The van der Waals surface area contributed by atoms with Gasteiger partial charge < -0.3 is 15.4 Å². The number of anilines is 2. The topological polar surface area (TPSA) is 64.3 Å². The summed E-state index contributed by atoms with van der Waals surface area (Å²) in [7, 11) is 0. The minimum absolute atomic E-state index is 0.0603. The number of nitrogens with zero attached hydrogens (tertiary/aromatic N) is 3. The number of hydrogen-bond acceptors (Lipinski definition) is 5. The second-order valence-corrected chi connectivity index (χ2v) is 6.19. The van der Waals surface area contributed by atoms with E-state index in [4.69, 9.17) is 10.5 Å². The van der Waals surface area contributed by atoms with Gasteiger partial charge in [0.15, 0.2) is 5.82 Å². The van der Waals surface area contributed by atoms with Crippen LogP contribution in [0.25, 0.3) is 0 Å². The van der Waals surface area contributed by atoms with Gasteiger partial charge in [-0.25, -0.2) is 4.98 Å². The molecule has 1 aromatic heterocycles. The Bertz CT molecular complexity index is 443. The van der Waals surface area contributed by atoms with E-state index in [1.807, 2.05) is 13.8 Å². The molecule has 1 heterocycles. The smallest absolute Gasteiger partial charge is 0.242 e. The first-order chi connectivity index (χ1) is 9.49. The quantitative estimate of drug-likeness (QED) is 0.831. The van der Waals surface area contributed by atoms with Gasteiger partial charge in [-0.05, 0) is 39.0 Å². The lowest BCUT2D eigenvalue weighted by Crippen LogP contribution is -2.29. The molecule has 0 aromatic carbocycles. The molecule has 20 heavy (non-hydrogen) atoms. The average molecular weight is 278 g/mol. The van der Waals surface area contributed by atoms with Crippen molar-refractivity contribution in [2.45, 2.75) is 59.1 Å². The molecular formula is C15H26N4O. The van der Waals surface area contributed by atoms with Crippen LogP contribution in [-0.2, 0) is 0 Å². The minimum Gasteiger partial charge on any atom is -0.473 e. The Labute approximate surface area is 121 Å². The standard InChI is InChI=1S/C15H26N4O/c1-10(2)7-8-19(12-5-6-12)14-13(16)15(18-9-17-14)20-11(3)4/h9-12H,5-8,16H2,1-4H3. The molecule has 1 aliphatic carbocycles. The molecule has 5 nitrogen and oxygen atoms in total. The lowest BCUT2D eigenvalue weighted by atomic mass is 10.1. The zero-order chi connectivity index (χ0) is 14.7. The van der Waals surface area contributed by atoms with E-state index in [9.17, 15) is 0 Å². The second-order valence-electron chi connectivity index (χ2n) is 6.19. The van der Waals surface area contributed by atoms with Crippen LogP contribution in [0.1, 0.15) is 47.0 Å². The molecule has 0 spiro atoms. The third kappa shape index (κ3) is 3.74. The molecule has 0 atom stereocenters. The Balaban J connectivity index is 2.19. The van der Waals surface area contributed by atoms with Crippen molar-refractivity contribution >= 4 is 11.5 Å². The molecule has 0 aliphatic heterocycles. The molecule has 0 saturated heterocycles. The number of nitrogen functional groups attached to an aromatic ring is 1. The first-order valence-corrected chi connectivity index (χ1v) is 7.52. The van der Waals surface area contributed by atoms with Gasteiger partial charge in [0, 0.05) is 12.6 Å². The highest BCUT2D eigenvalue weighted by molar-refractivity contribution is 5.68. The second kappa shape index (κ2) is 6.29. The van der Waals surface area contributed by atoms with Crippen molar-refractivity contribution in [3.8, 4) is 5.88 Å². The van der Waals surface area contributed by atoms with Crippen LogP contribution in [0.2, 0.25) is 0 Å². The van der Waals surface area contributed by atoms with E-state index < -0.39 is 0 Å². The van der Waals surface area contributed by atoms with Gasteiger partial charge >= 0.3 is 0 Å². The molecule has 0 bridgehead atoms. The Morgan fingerprint density at radius 3 is 2.55 bits per heavy atom. The first kappa shape index (κ1) is 14.9. The van der Waals surface area contributed by atoms with Crippen LogP contribution in [0.5, 0.6) is 5.88 Å². The third-order valence-corrected chi connectivity index (χ3v) is 3.38. The molecule has 2 N–H and O–H groups in total. The van der Waals surface area contributed by atoms with Gasteiger partial charge in [0.25, 0.3) is 0 Å². The van der Waals surface area contributed by atoms with Crippen LogP contribution in [0.4, 0.5) is 11.5 Å². The van der Waals surface area contributed by atoms with Gasteiger partial charge in [-0.1, -0.05) is 13.8 Å². The van der Waals surface area contributed by atoms with Crippen LogP contribution in [0, 0.1) is 5.92 Å². The molecule has 0 radical (unpaired) electrons. The summed E-state index contributed by atoms with van der Waals surface area (Å²) in [5, 5.41) is 0. The van der Waals surface area contributed by atoms with Crippen molar-refractivity contribution < 1.29 is 4.74 Å². The molecule has 2 rings (SSSR count). The maximum atomic E-state index is 6.21. The molecule has 1 aliphatic rings. The summed E-state index contributed by atoms with van der Waals surface area (Å²) < 4.78 is 5.66. The number of hydrogen-bond donors (Lipinski definition) is 1. The number of nitrogens with two attached hydrogens (primary N) is 1. The molecule has 5 heteroatoms. The van der Waals surface area contributed by atoms with Crippen LogP contribution >= 0.6 is 0 Å². The highest BCUT2D eigenvalue weighted by Crippen LogP contribution is 2.36. The lowest BCUT2D eigenvalue weighted by Gasteiger charge is -2.26. The van der Waals surface area contributed by atoms with Crippen LogP contribution in [0.15, 0.2) is 6.33 Å². The van der Waals surface area contributed by atoms with Gasteiger partial charge in [-0.2, -0.15) is 4.98 Å². The molecule has 0 amide bonds.